The fraction of sp³-hybridized carbons (Fsp3) is 0.500. The van der Waals surface area contributed by atoms with Gasteiger partial charge in [-0.25, -0.2) is 0 Å². The molecule has 0 radical (unpaired) electrons. The Hall–Kier alpha value is -1.90. The van der Waals surface area contributed by atoms with E-state index in [1.54, 1.807) is 24.3 Å². The predicted octanol–water partition coefficient (Wildman–Crippen LogP) is 3.77. The Morgan fingerprint density at radius 1 is 0.913 bits per heavy atom. The molecule has 3 nitrogen and oxygen atoms in total. The van der Waals surface area contributed by atoms with Gasteiger partial charge in [-0.1, -0.05) is 70.1 Å². The second-order valence-electron chi connectivity index (χ2n) is 6.98. The van der Waals surface area contributed by atoms with Crippen LogP contribution < -0.4 is 5.11 Å². The highest BCUT2D eigenvalue weighted by Crippen LogP contribution is 2.29. The van der Waals surface area contributed by atoms with Crippen LogP contribution in [0.25, 0.3) is 5.76 Å². The third kappa shape index (κ3) is 4.10. The van der Waals surface area contributed by atoms with Gasteiger partial charge in [-0.05, 0) is 35.8 Å². The molecule has 0 aromatic heterocycles. The molecule has 23 heavy (non-hydrogen) atoms. The lowest BCUT2D eigenvalue weighted by Crippen LogP contribution is -2.28. The van der Waals surface area contributed by atoms with E-state index in [0.29, 0.717) is 23.8 Å². The largest absolute Gasteiger partial charge is 0.872 e. The molecule has 0 aliphatic heterocycles. The second-order valence-corrected chi connectivity index (χ2v) is 6.98. The quantitative estimate of drug-likeness (QED) is 0.720. The predicted molar refractivity (Wildman–Crippen MR) is 89.8 cm³/mol. The number of Topliss-reactive ketones (excluding diaryl/α,β-unsaturated/α-hetero) is 2. The first kappa shape index (κ1) is 17.5. The van der Waals surface area contributed by atoms with Crippen LogP contribution in [0.5, 0.6) is 0 Å². The van der Waals surface area contributed by atoms with Crippen LogP contribution in [0, 0.1) is 11.8 Å². The minimum atomic E-state index is -0.608. The Morgan fingerprint density at radius 2 is 1.57 bits per heavy atom. The summed E-state index contributed by atoms with van der Waals surface area (Å²) in [4.78, 5) is 24.3. The molecule has 0 saturated heterocycles. The van der Waals surface area contributed by atoms with Gasteiger partial charge >= 0.3 is 0 Å². The molecule has 0 amide bonds. The van der Waals surface area contributed by atoms with Gasteiger partial charge in [0, 0.05) is 5.56 Å². The van der Waals surface area contributed by atoms with E-state index in [0.717, 1.165) is 19.3 Å². The third-order valence-corrected chi connectivity index (χ3v) is 4.54. The van der Waals surface area contributed by atoms with E-state index in [1.165, 1.54) is 6.42 Å². The minimum Gasteiger partial charge on any atom is -0.872 e. The molecular formula is C20H25O3-. The van der Waals surface area contributed by atoms with Gasteiger partial charge in [-0.15, -0.1) is 0 Å². The van der Waals surface area contributed by atoms with Crippen molar-refractivity contribution in [3.63, 3.8) is 0 Å². The minimum absolute atomic E-state index is 0.171. The molecule has 2 rings (SSSR count). The van der Waals surface area contributed by atoms with E-state index in [9.17, 15) is 14.7 Å². The van der Waals surface area contributed by atoms with Crippen molar-refractivity contribution in [1.29, 1.82) is 0 Å². The van der Waals surface area contributed by atoms with Gasteiger partial charge in [0.15, 0.2) is 0 Å². The smallest absolute Gasteiger partial charge is 0.233 e. The number of hydrogen-bond acceptors (Lipinski definition) is 3. The Balaban J connectivity index is 2.04. The monoisotopic (exact) mass is 313 g/mol. The molecule has 1 aliphatic rings. The summed E-state index contributed by atoms with van der Waals surface area (Å²) in [6.45, 7) is 6.57. The van der Waals surface area contributed by atoms with Crippen molar-refractivity contribution >= 4 is 17.3 Å². The highest BCUT2D eigenvalue weighted by molar-refractivity contribution is 6.52. The Bertz CT molecular complexity index is 626. The molecule has 0 N–H and O–H groups in total. The number of fused-ring (bicyclic) bond motifs is 1. The topological polar surface area (TPSA) is 57.2 Å². The molecule has 0 saturated carbocycles. The second kappa shape index (κ2) is 7.58. The van der Waals surface area contributed by atoms with E-state index < -0.39 is 11.6 Å². The molecule has 0 fully saturated rings. The van der Waals surface area contributed by atoms with Crippen molar-refractivity contribution in [2.24, 2.45) is 11.8 Å². The molecule has 0 bridgehead atoms. The van der Waals surface area contributed by atoms with Gasteiger partial charge < -0.3 is 5.11 Å². The number of hydrogen-bond donors (Lipinski definition) is 0. The lowest BCUT2D eigenvalue weighted by atomic mass is 9.85. The fourth-order valence-electron chi connectivity index (χ4n) is 3.04. The average Bonchev–Trinajstić information content (AvgIpc) is 2.52. The maximum absolute atomic E-state index is 12.5. The lowest BCUT2D eigenvalue weighted by molar-refractivity contribution is -0.245. The summed E-state index contributed by atoms with van der Waals surface area (Å²) in [7, 11) is 0. The fourth-order valence-corrected chi connectivity index (χ4v) is 3.04. The van der Waals surface area contributed by atoms with Crippen LogP contribution in [0.1, 0.15) is 68.8 Å². The summed E-state index contributed by atoms with van der Waals surface area (Å²) >= 11 is 0. The van der Waals surface area contributed by atoms with Crippen LogP contribution in [0.15, 0.2) is 29.8 Å². The van der Waals surface area contributed by atoms with Crippen LogP contribution in [-0.4, -0.2) is 11.6 Å². The molecule has 0 heterocycles. The average molecular weight is 313 g/mol. The first-order valence-corrected chi connectivity index (χ1v) is 8.50. The molecule has 1 aliphatic carbocycles. The SMILES string of the molecule is CC(C)CCCC(C)CCC1=C([O-])c2ccccc2C(=O)C1=O. The van der Waals surface area contributed by atoms with Crippen LogP contribution in [-0.2, 0) is 4.79 Å². The summed E-state index contributed by atoms with van der Waals surface area (Å²) in [5.74, 6) is -0.258. The van der Waals surface area contributed by atoms with Crippen molar-refractivity contribution in [1.82, 2.24) is 0 Å². The van der Waals surface area contributed by atoms with Gasteiger partial charge in [0.05, 0.1) is 0 Å². The molecular weight excluding hydrogens is 288 g/mol. The number of carbonyl (C=O) groups is 2. The van der Waals surface area contributed by atoms with Crippen molar-refractivity contribution in [2.45, 2.75) is 52.9 Å². The number of benzene rings is 1. The Morgan fingerprint density at radius 3 is 2.22 bits per heavy atom. The van der Waals surface area contributed by atoms with E-state index >= 15 is 0 Å². The zero-order chi connectivity index (χ0) is 17.0. The van der Waals surface area contributed by atoms with Gasteiger partial charge in [-0.3, -0.25) is 9.59 Å². The van der Waals surface area contributed by atoms with Gasteiger partial charge in [0.1, 0.15) is 0 Å². The van der Waals surface area contributed by atoms with Gasteiger partial charge in [-0.2, -0.15) is 0 Å². The Kier molecular flexibility index (Phi) is 5.75. The maximum Gasteiger partial charge on any atom is 0.233 e. The third-order valence-electron chi connectivity index (χ3n) is 4.54. The van der Waals surface area contributed by atoms with Crippen LogP contribution in [0.3, 0.4) is 0 Å². The highest BCUT2D eigenvalue weighted by Gasteiger charge is 2.28. The van der Waals surface area contributed by atoms with E-state index in [2.05, 4.69) is 20.8 Å². The highest BCUT2D eigenvalue weighted by atomic mass is 16.3. The van der Waals surface area contributed by atoms with Gasteiger partial charge in [0.25, 0.3) is 0 Å². The molecule has 1 aromatic rings. The molecule has 3 heteroatoms. The van der Waals surface area contributed by atoms with E-state index in [-0.39, 0.29) is 16.9 Å². The summed E-state index contributed by atoms with van der Waals surface area (Å²) in [5, 5.41) is 12.5. The first-order chi connectivity index (χ1) is 10.9. The van der Waals surface area contributed by atoms with Crippen molar-refractivity contribution < 1.29 is 14.7 Å². The summed E-state index contributed by atoms with van der Waals surface area (Å²) < 4.78 is 0. The summed E-state index contributed by atoms with van der Waals surface area (Å²) in [5.41, 5.74) is 0.792. The molecule has 1 atom stereocenters. The molecule has 0 spiro atoms. The van der Waals surface area contributed by atoms with Crippen LogP contribution in [0.4, 0.5) is 0 Å². The first-order valence-electron chi connectivity index (χ1n) is 8.50. The van der Waals surface area contributed by atoms with Crippen molar-refractivity contribution in [3.8, 4) is 0 Å². The maximum atomic E-state index is 12.5. The van der Waals surface area contributed by atoms with E-state index in [1.807, 2.05) is 0 Å². The molecule has 1 aromatic carbocycles. The Labute approximate surface area is 138 Å². The zero-order valence-electron chi connectivity index (χ0n) is 14.2. The molecule has 1 unspecified atom stereocenters. The lowest BCUT2D eigenvalue weighted by Gasteiger charge is -2.26. The van der Waals surface area contributed by atoms with E-state index in [4.69, 9.17) is 0 Å². The van der Waals surface area contributed by atoms with Crippen molar-refractivity contribution in [3.05, 3.63) is 41.0 Å². The summed E-state index contributed by atoms with van der Waals surface area (Å²) in [6, 6.07) is 6.60. The van der Waals surface area contributed by atoms with Gasteiger partial charge in [0.2, 0.25) is 11.6 Å². The molecule has 124 valence electrons. The normalized spacial score (nSPS) is 16.0. The number of rotatable bonds is 7. The number of ketones is 2. The summed E-state index contributed by atoms with van der Waals surface area (Å²) in [6.07, 6.45) is 4.64. The zero-order valence-corrected chi connectivity index (χ0v) is 14.2. The van der Waals surface area contributed by atoms with Crippen LogP contribution in [0.2, 0.25) is 0 Å². The van der Waals surface area contributed by atoms with Crippen molar-refractivity contribution in [2.75, 3.05) is 0 Å². The number of allylic oxidation sites excluding steroid dienone is 1. The number of carbonyl (C=O) groups excluding carboxylic acids is 2. The van der Waals surface area contributed by atoms with Crippen LogP contribution >= 0.6 is 0 Å². The standard InChI is InChI=1S/C20H26O3/c1-13(2)7-6-8-14(3)11-12-17-18(21)15-9-4-5-10-16(15)19(22)20(17)23/h4-5,9-10,13-14,21H,6-8,11-12H2,1-3H3/p-1.